The summed E-state index contributed by atoms with van der Waals surface area (Å²) in [6, 6.07) is 9.23. The Balaban J connectivity index is 2.63. The highest BCUT2D eigenvalue weighted by molar-refractivity contribution is 5.87. The second kappa shape index (κ2) is 6.12. The number of rotatable bonds is 4. The summed E-state index contributed by atoms with van der Waals surface area (Å²) in [5, 5.41) is 2.88. The molecule has 0 fully saturated rings. The number of aldehydes is 1. The molecule has 1 aliphatic heterocycles. The van der Waals surface area contributed by atoms with Crippen LogP contribution in [0.3, 0.4) is 0 Å². The lowest BCUT2D eigenvalue weighted by Crippen LogP contribution is -2.51. The smallest absolute Gasteiger partial charge is 0.311 e. The van der Waals surface area contributed by atoms with Crippen LogP contribution in [0.4, 0.5) is 4.79 Å². The molecule has 2 rings (SSSR count). The van der Waals surface area contributed by atoms with Crippen molar-refractivity contribution >= 4 is 12.3 Å². The lowest BCUT2D eigenvalue weighted by molar-refractivity contribution is -0.105. The molecule has 1 aromatic carbocycles. The lowest BCUT2D eigenvalue weighted by atomic mass is 9.90. The minimum Gasteiger partial charge on any atom is -0.311 e. The first kappa shape index (κ1) is 15.3. The van der Waals surface area contributed by atoms with Gasteiger partial charge in [-0.1, -0.05) is 44.2 Å². The lowest BCUT2D eigenvalue weighted by Gasteiger charge is -2.41. The molecular formula is C17H22N2O2. The molecule has 0 bridgehead atoms. The number of allylic oxidation sites excluding steroid dienone is 1. The van der Waals surface area contributed by atoms with E-state index in [-0.39, 0.29) is 24.0 Å². The van der Waals surface area contributed by atoms with Crippen LogP contribution in [0.1, 0.15) is 39.3 Å². The van der Waals surface area contributed by atoms with E-state index in [1.807, 2.05) is 58.0 Å². The van der Waals surface area contributed by atoms with Crippen molar-refractivity contribution in [3.63, 3.8) is 0 Å². The quantitative estimate of drug-likeness (QED) is 0.864. The number of hydrogen-bond acceptors (Lipinski definition) is 2. The molecule has 0 saturated heterocycles. The summed E-state index contributed by atoms with van der Waals surface area (Å²) in [6.45, 7) is 7.87. The third-order valence-electron chi connectivity index (χ3n) is 3.74. The second-order valence-electron chi connectivity index (χ2n) is 5.89. The third-order valence-corrected chi connectivity index (χ3v) is 3.74. The van der Waals surface area contributed by atoms with E-state index in [2.05, 4.69) is 5.32 Å². The number of nitrogens with zero attached hydrogens (tertiary/aromatic N) is 1. The van der Waals surface area contributed by atoms with Gasteiger partial charge in [0.1, 0.15) is 6.29 Å². The number of carbonyl (C=O) groups excluding carboxylic acids is 2. The summed E-state index contributed by atoms with van der Waals surface area (Å²) in [7, 11) is 0. The van der Waals surface area contributed by atoms with Gasteiger partial charge in [0, 0.05) is 17.3 Å². The van der Waals surface area contributed by atoms with Crippen molar-refractivity contribution in [3.8, 4) is 0 Å². The average Bonchev–Trinajstić information content (AvgIpc) is 2.46. The molecule has 1 atom stereocenters. The van der Waals surface area contributed by atoms with E-state index in [0.717, 1.165) is 17.5 Å². The SMILES string of the molecule is CC(C)C1=C(C=O)C(c2ccccc2)N(C(C)C)C(=O)N1. The van der Waals surface area contributed by atoms with Crippen LogP contribution in [0.5, 0.6) is 0 Å². The number of urea groups is 1. The second-order valence-corrected chi connectivity index (χ2v) is 5.89. The van der Waals surface area contributed by atoms with E-state index < -0.39 is 0 Å². The van der Waals surface area contributed by atoms with Gasteiger partial charge in [-0.15, -0.1) is 0 Å². The van der Waals surface area contributed by atoms with E-state index in [4.69, 9.17) is 0 Å². The van der Waals surface area contributed by atoms with Crippen LogP contribution in [0.15, 0.2) is 41.6 Å². The Bertz CT molecular complexity index is 561. The van der Waals surface area contributed by atoms with E-state index in [1.54, 1.807) is 4.90 Å². The van der Waals surface area contributed by atoms with Gasteiger partial charge in [0.25, 0.3) is 0 Å². The molecule has 0 aromatic heterocycles. The number of carbonyl (C=O) groups is 2. The highest BCUT2D eigenvalue weighted by atomic mass is 16.2. The van der Waals surface area contributed by atoms with Crippen molar-refractivity contribution in [1.82, 2.24) is 10.2 Å². The summed E-state index contributed by atoms with van der Waals surface area (Å²) in [6.07, 6.45) is 0.877. The highest BCUT2D eigenvalue weighted by Crippen LogP contribution is 2.35. The van der Waals surface area contributed by atoms with Gasteiger partial charge in [0.2, 0.25) is 0 Å². The number of nitrogens with one attached hydrogen (secondary N) is 1. The molecule has 1 heterocycles. The maximum atomic E-state index is 12.5. The minimum absolute atomic E-state index is 0.00105. The van der Waals surface area contributed by atoms with Crippen LogP contribution in [0.2, 0.25) is 0 Å². The van der Waals surface area contributed by atoms with Crippen LogP contribution in [-0.2, 0) is 4.79 Å². The van der Waals surface area contributed by atoms with Gasteiger partial charge < -0.3 is 10.2 Å². The van der Waals surface area contributed by atoms with Crippen LogP contribution < -0.4 is 5.32 Å². The summed E-state index contributed by atoms with van der Waals surface area (Å²) >= 11 is 0. The molecule has 0 saturated carbocycles. The average molecular weight is 286 g/mol. The molecule has 112 valence electrons. The molecule has 0 aliphatic carbocycles. The van der Waals surface area contributed by atoms with Crippen LogP contribution in [0, 0.1) is 5.92 Å². The van der Waals surface area contributed by atoms with Crippen molar-refractivity contribution in [1.29, 1.82) is 0 Å². The first-order valence-electron chi connectivity index (χ1n) is 7.30. The van der Waals surface area contributed by atoms with Crippen LogP contribution in [-0.4, -0.2) is 23.3 Å². The van der Waals surface area contributed by atoms with Gasteiger partial charge in [-0.3, -0.25) is 4.79 Å². The van der Waals surface area contributed by atoms with E-state index in [0.29, 0.717) is 5.57 Å². The first-order valence-corrected chi connectivity index (χ1v) is 7.30. The normalized spacial score (nSPS) is 19.2. The monoisotopic (exact) mass is 286 g/mol. The molecule has 1 N–H and O–H groups in total. The van der Waals surface area contributed by atoms with Gasteiger partial charge in [-0.25, -0.2) is 4.79 Å². The fourth-order valence-corrected chi connectivity index (χ4v) is 2.78. The highest BCUT2D eigenvalue weighted by Gasteiger charge is 2.37. The Labute approximate surface area is 125 Å². The zero-order valence-corrected chi connectivity index (χ0v) is 13.0. The minimum atomic E-state index is -0.324. The van der Waals surface area contributed by atoms with Crippen LogP contribution in [0.25, 0.3) is 0 Å². The number of benzene rings is 1. The van der Waals surface area contributed by atoms with Gasteiger partial charge in [-0.2, -0.15) is 0 Å². The molecule has 1 aromatic rings. The van der Waals surface area contributed by atoms with E-state index >= 15 is 0 Å². The summed E-state index contributed by atoms with van der Waals surface area (Å²) < 4.78 is 0. The summed E-state index contributed by atoms with van der Waals surface area (Å²) in [5.41, 5.74) is 2.33. The van der Waals surface area contributed by atoms with Crippen molar-refractivity contribution in [2.75, 3.05) is 0 Å². The molecular weight excluding hydrogens is 264 g/mol. The Morgan fingerprint density at radius 1 is 1.14 bits per heavy atom. The Kier molecular flexibility index (Phi) is 4.46. The van der Waals surface area contributed by atoms with Gasteiger partial charge in [0.15, 0.2) is 0 Å². The largest absolute Gasteiger partial charge is 0.322 e. The first-order chi connectivity index (χ1) is 9.97. The molecule has 0 radical (unpaired) electrons. The number of hydrogen-bond donors (Lipinski definition) is 1. The summed E-state index contributed by atoms with van der Waals surface area (Å²) in [4.78, 5) is 25.9. The third kappa shape index (κ3) is 2.84. The number of amides is 2. The zero-order valence-electron chi connectivity index (χ0n) is 13.0. The molecule has 21 heavy (non-hydrogen) atoms. The standard InChI is InChI=1S/C17H22N2O2/c1-11(2)15-14(10-20)16(13-8-6-5-7-9-13)19(12(3)4)17(21)18-15/h5-12,16H,1-4H3,(H,18,21). The van der Waals surface area contributed by atoms with Crippen molar-refractivity contribution in [2.24, 2.45) is 5.92 Å². The Hall–Kier alpha value is -2.10. The fourth-order valence-electron chi connectivity index (χ4n) is 2.78. The van der Waals surface area contributed by atoms with Crippen molar-refractivity contribution in [2.45, 2.75) is 39.8 Å². The van der Waals surface area contributed by atoms with Crippen molar-refractivity contribution in [3.05, 3.63) is 47.2 Å². The topological polar surface area (TPSA) is 49.4 Å². The molecule has 4 nitrogen and oxygen atoms in total. The maximum absolute atomic E-state index is 12.5. The molecule has 4 heteroatoms. The predicted molar refractivity (Wildman–Crippen MR) is 82.6 cm³/mol. The molecule has 2 amide bonds. The molecule has 1 unspecified atom stereocenters. The van der Waals surface area contributed by atoms with E-state index in [9.17, 15) is 9.59 Å². The van der Waals surface area contributed by atoms with Gasteiger partial charge >= 0.3 is 6.03 Å². The van der Waals surface area contributed by atoms with Gasteiger partial charge in [-0.05, 0) is 25.3 Å². The fraction of sp³-hybridized carbons (Fsp3) is 0.412. The van der Waals surface area contributed by atoms with E-state index in [1.165, 1.54) is 0 Å². The summed E-state index contributed by atoms with van der Waals surface area (Å²) in [5.74, 6) is 0.0923. The Morgan fingerprint density at radius 2 is 1.76 bits per heavy atom. The zero-order chi connectivity index (χ0) is 15.6. The van der Waals surface area contributed by atoms with Gasteiger partial charge in [0.05, 0.1) is 6.04 Å². The molecule has 0 spiro atoms. The predicted octanol–water partition coefficient (Wildman–Crippen LogP) is 3.27. The Morgan fingerprint density at radius 3 is 2.24 bits per heavy atom. The van der Waals surface area contributed by atoms with Crippen molar-refractivity contribution < 1.29 is 9.59 Å². The van der Waals surface area contributed by atoms with Crippen LogP contribution >= 0.6 is 0 Å². The molecule has 1 aliphatic rings. The maximum Gasteiger partial charge on any atom is 0.322 e.